The van der Waals surface area contributed by atoms with Crippen LogP contribution in [0.25, 0.3) is 53.7 Å². The molecular weight excluding hydrogens is 531 g/mol. The zero-order valence-electron chi connectivity index (χ0n) is 22.7. The summed E-state index contributed by atoms with van der Waals surface area (Å²) in [7, 11) is 0. The van der Waals surface area contributed by atoms with Crippen molar-refractivity contribution in [3.05, 3.63) is 152 Å². The quantitative estimate of drug-likeness (QED) is 0.211. The molecule has 0 unspecified atom stereocenters. The number of rotatable bonds is 5. The number of hydrogen-bond acceptors (Lipinski definition) is 4. The van der Waals surface area contributed by atoms with E-state index in [0.717, 1.165) is 44.8 Å². The Balaban J connectivity index is 1.35. The fourth-order valence-electron chi connectivity index (χ4n) is 5.72. The molecule has 8 rings (SSSR count). The summed E-state index contributed by atoms with van der Waals surface area (Å²) in [6, 6.07) is 52.9. The Labute approximate surface area is 248 Å². The van der Waals surface area contributed by atoms with Crippen LogP contribution < -0.4 is 4.90 Å². The summed E-state index contributed by atoms with van der Waals surface area (Å²) >= 11 is 1.82. The van der Waals surface area contributed by atoms with Gasteiger partial charge in [-0.25, -0.2) is 9.97 Å². The summed E-state index contributed by atoms with van der Waals surface area (Å²) in [6.07, 6.45) is 0. The second-order valence-electron chi connectivity index (χ2n) is 10.3. The monoisotopic (exact) mass is 555 g/mol. The Kier molecular flexibility index (Phi) is 5.98. The lowest BCUT2D eigenvalue weighted by Crippen LogP contribution is -2.09. The fraction of sp³-hybridized carbons (Fsp3) is 0. The Hall–Kier alpha value is -5.32. The van der Waals surface area contributed by atoms with Crippen LogP contribution in [0.5, 0.6) is 0 Å². The zero-order valence-corrected chi connectivity index (χ0v) is 23.5. The van der Waals surface area contributed by atoms with Crippen molar-refractivity contribution in [1.82, 2.24) is 9.97 Å². The second-order valence-corrected chi connectivity index (χ2v) is 11.3. The topological polar surface area (TPSA) is 29.0 Å². The van der Waals surface area contributed by atoms with Crippen molar-refractivity contribution in [2.24, 2.45) is 0 Å². The van der Waals surface area contributed by atoms with Gasteiger partial charge in [0.15, 0.2) is 5.82 Å². The van der Waals surface area contributed by atoms with Crippen molar-refractivity contribution in [3.63, 3.8) is 0 Å². The molecule has 6 aromatic carbocycles. The lowest BCUT2D eigenvalue weighted by atomic mass is 10.0. The number of fused-ring (bicyclic) bond motifs is 5. The van der Waals surface area contributed by atoms with Gasteiger partial charge in [0.25, 0.3) is 0 Å². The first-order valence-electron chi connectivity index (χ1n) is 14.0. The largest absolute Gasteiger partial charge is 0.310 e. The summed E-state index contributed by atoms with van der Waals surface area (Å²) in [5, 5.41) is 3.63. The zero-order chi connectivity index (χ0) is 27.9. The molecule has 0 fully saturated rings. The molecule has 0 amide bonds. The van der Waals surface area contributed by atoms with Crippen LogP contribution in [0.15, 0.2) is 152 Å². The molecule has 0 radical (unpaired) electrons. The molecule has 0 N–H and O–H groups in total. The van der Waals surface area contributed by atoms with E-state index in [0.29, 0.717) is 5.82 Å². The van der Waals surface area contributed by atoms with Gasteiger partial charge in [-0.2, -0.15) is 0 Å². The summed E-state index contributed by atoms with van der Waals surface area (Å²) in [5.74, 6) is 0.713. The number of hydrogen-bond donors (Lipinski definition) is 0. The molecule has 0 saturated heterocycles. The van der Waals surface area contributed by atoms with Crippen LogP contribution >= 0.6 is 11.3 Å². The Morgan fingerprint density at radius 2 is 1.10 bits per heavy atom. The van der Waals surface area contributed by atoms with E-state index in [4.69, 9.17) is 9.97 Å². The maximum absolute atomic E-state index is 5.28. The van der Waals surface area contributed by atoms with Gasteiger partial charge in [-0.15, -0.1) is 11.3 Å². The van der Waals surface area contributed by atoms with Gasteiger partial charge in [0.1, 0.15) is 0 Å². The number of thiophene rings is 1. The molecule has 2 heterocycles. The minimum Gasteiger partial charge on any atom is -0.310 e. The molecule has 0 atom stereocenters. The maximum Gasteiger partial charge on any atom is 0.160 e. The van der Waals surface area contributed by atoms with Gasteiger partial charge in [0.2, 0.25) is 0 Å². The molecule has 0 saturated carbocycles. The lowest BCUT2D eigenvalue weighted by Gasteiger charge is -2.25. The molecule has 4 heteroatoms. The third kappa shape index (κ3) is 4.21. The second kappa shape index (κ2) is 10.3. The van der Waals surface area contributed by atoms with E-state index < -0.39 is 0 Å². The van der Waals surface area contributed by atoms with E-state index in [2.05, 4.69) is 138 Å². The molecular formula is C38H25N3S. The molecule has 8 aromatic rings. The summed E-state index contributed by atoms with van der Waals surface area (Å²) in [4.78, 5) is 12.7. The van der Waals surface area contributed by atoms with Gasteiger partial charge < -0.3 is 4.90 Å². The van der Waals surface area contributed by atoms with Crippen molar-refractivity contribution < 1.29 is 0 Å². The first kappa shape index (κ1) is 24.5. The molecule has 3 nitrogen and oxygen atoms in total. The minimum atomic E-state index is 0.713. The molecule has 42 heavy (non-hydrogen) atoms. The number of anilines is 3. The molecule has 198 valence electrons. The summed E-state index contributed by atoms with van der Waals surface area (Å²) in [6.45, 7) is 0. The van der Waals surface area contributed by atoms with Crippen LogP contribution in [-0.2, 0) is 0 Å². The van der Waals surface area contributed by atoms with E-state index in [1.54, 1.807) is 0 Å². The average molecular weight is 556 g/mol. The molecule has 0 aliphatic heterocycles. The third-order valence-electron chi connectivity index (χ3n) is 7.64. The van der Waals surface area contributed by atoms with Crippen molar-refractivity contribution in [3.8, 4) is 22.6 Å². The molecule has 0 bridgehead atoms. The highest BCUT2D eigenvalue weighted by molar-refractivity contribution is 7.26. The smallest absolute Gasteiger partial charge is 0.160 e. The number of aromatic nitrogens is 2. The third-order valence-corrected chi connectivity index (χ3v) is 8.85. The predicted octanol–water partition coefficient (Wildman–Crippen LogP) is 10.8. The van der Waals surface area contributed by atoms with E-state index in [9.17, 15) is 0 Å². The van der Waals surface area contributed by atoms with Crippen LogP contribution in [0.1, 0.15) is 0 Å². The molecule has 2 aromatic heterocycles. The van der Waals surface area contributed by atoms with Crippen LogP contribution in [0.3, 0.4) is 0 Å². The van der Waals surface area contributed by atoms with Crippen molar-refractivity contribution in [2.45, 2.75) is 0 Å². The van der Waals surface area contributed by atoms with Crippen LogP contribution in [-0.4, -0.2) is 9.97 Å². The van der Waals surface area contributed by atoms with E-state index in [1.165, 1.54) is 20.2 Å². The van der Waals surface area contributed by atoms with Crippen molar-refractivity contribution >= 4 is 59.5 Å². The number of nitrogens with zero attached hydrogens (tertiary/aromatic N) is 3. The molecule has 0 aliphatic carbocycles. The van der Waals surface area contributed by atoms with Gasteiger partial charge in [-0.3, -0.25) is 0 Å². The minimum absolute atomic E-state index is 0.713. The van der Waals surface area contributed by atoms with Gasteiger partial charge in [0.05, 0.1) is 11.2 Å². The maximum atomic E-state index is 5.28. The average Bonchev–Trinajstić information content (AvgIpc) is 3.45. The molecule has 0 spiro atoms. The van der Waals surface area contributed by atoms with E-state index in [1.807, 2.05) is 29.5 Å². The van der Waals surface area contributed by atoms with E-state index in [-0.39, 0.29) is 0 Å². The Bertz CT molecular complexity index is 2150. The normalized spacial score (nSPS) is 11.3. The van der Waals surface area contributed by atoms with E-state index >= 15 is 0 Å². The van der Waals surface area contributed by atoms with Gasteiger partial charge >= 0.3 is 0 Å². The Morgan fingerprint density at radius 3 is 1.83 bits per heavy atom. The van der Waals surface area contributed by atoms with Crippen LogP contribution in [0.2, 0.25) is 0 Å². The molecule has 0 aliphatic rings. The summed E-state index contributed by atoms with van der Waals surface area (Å²) < 4.78 is 2.50. The SMILES string of the molecule is c1ccc(-c2nc(-c3cccc(N(c4ccccc4)c4ccccc4)c3)nc3ccc4c5ccccc5sc4c23)cc1. The summed E-state index contributed by atoms with van der Waals surface area (Å²) in [5.41, 5.74) is 7.21. The highest BCUT2D eigenvalue weighted by Gasteiger charge is 2.18. The fourth-order valence-corrected chi connectivity index (χ4v) is 6.97. The van der Waals surface area contributed by atoms with Gasteiger partial charge in [-0.1, -0.05) is 103 Å². The lowest BCUT2D eigenvalue weighted by molar-refractivity contribution is 1.22. The first-order valence-corrected chi connectivity index (χ1v) is 14.8. The van der Waals surface area contributed by atoms with Gasteiger partial charge in [-0.05, 0) is 48.5 Å². The van der Waals surface area contributed by atoms with Crippen LogP contribution in [0.4, 0.5) is 17.1 Å². The number of para-hydroxylation sites is 2. The highest BCUT2D eigenvalue weighted by atomic mass is 32.1. The van der Waals surface area contributed by atoms with Crippen molar-refractivity contribution in [1.29, 1.82) is 0 Å². The van der Waals surface area contributed by atoms with Crippen molar-refractivity contribution in [2.75, 3.05) is 4.90 Å². The predicted molar refractivity (Wildman–Crippen MR) is 178 cm³/mol. The standard InChI is InChI=1S/C38H25N3S/c1-4-13-26(14-5-1)36-35-33(24-23-32-31-21-10-11-22-34(31)42-37(32)35)39-38(40-36)27-15-12-20-30(25-27)41(28-16-6-2-7-17-28)29-18-8-3-9-19-29/h1-25H. The van der Waals surface area contributed by atoms with Crippen LogP contribution in [0, 0.1) is 0 Å². The Morgan fingerprint density at radius 1 is 0.476 bits per heavy atom. The first-order chi connectivity index (χ1) is 20.8. The number of benzene rings is 6. The highest BCUT2D eigenvalue weighted by Crippen LogP contribution is 2.42. The van der Waals surface area contributed by atoms with Gasteiger partial charge in [0, 0.05) is 53.7 Å².